The fourth-order valence-corrected chi connectivity index (χ4v) is 2.79. The van der Waals surface area contributed by atoms with E-state index in [0.717, 1.165) is 0 Å². The highest BCUT2D eigenvalue weighted by Crippen LogP contribution is 2.35. The Morgan fingerprint density at radius 1 is 1.39 bits per heavy atom. The second kappa shape index (κ2) is 8.10. The third kappa shape index (κ3) is 4.79. The number of hydrazine groups is 1. The van der Waals surface area contributed by atoms with Crippen LogP contribution in [-0.4, -0.2) is 5.91 Å². The van der Waals surface area contributed by atoms with Gasteiger partial charge in [-0.3, -0.25) is 10.2 Å². The SMILES string of the molecule is NNC(=O)/C=C/c1cc(Cl)c(OCc2ccccc2F)c(Br)c1. The van der Waals surface area contributed by atoms with Crippen molar-refractivity contribution in [2.75, 3.05) is 0 Å². The molecule has 0 fully saturated rings. The smallest absolute Gasteiger partial charge is 0.257 e. The van der Waals surface area contributed by atoms with Gasteiger partial charge in [-0.05, 0) is 45.8 Å². The third-order valence-corrected chi connectivity index (χ3v) is 3.79. The molecule has 0 radical (unpaired) electrons. The third-order valence-electron chi connectivity index (χ3n) is 2.92. The molecule has 3 N–H and O–H groups in total. The lowest BCUT2D eigenvalue weighted by Crippen LogP contribution is -2.27. The van der Waals surface area contributed by atoms with E-state index in [1.165, 1.54) is 12.1 Å². The van der Waals surface area contributed by atoms with Crippen molar-refractivity contribution in [3.63, 3.8) is 0 Å². The summed E-state index contributed by atoms with van der Waals surface area (Å²) >= 11 is 9.53. The van der Waals surface area contributed by atoms with Crippen LogP contribution in [0.5, 0.6) is 5.75 Å². The molecule has 0 aliphatic heterocycles. The maximum Gasteiger partial charge on any atom is 0.257 e. The van der Waals surface area contributed by atoms with Gasteiger partial charge < -0.3 is 4.74 Å². The van der Waals surface area contributed by atoms with Crippen LogP contribution in [0.3, 0.4) is 0 Å². The van der Waals surface area contributed by atoms with Gasteiger partial charge in [0.25, 0.3) is 5.91 Å². The predicted octanol–water partition coefficient (Wildman–Crippen LogP) is 3.82. The number of rotatable bonds is 5. The molecule has 0 atom stereocenters. The van der Waals surface area contributed by atoms with Gasteiger partial charge in [-0.25, -0.2) is 10.2 Å². The highest BCUT2D eigenvalue weighted by atomic mass is 79.9. The summed E-state index contributed by atoms with van der Waals surface area (Å²) in [5.74, 6) is 4.61. The highest BCUT2D eigenvalue weighted by molar-refractivity contribution is 9.10. The summed E-state index contributed by atoms with van der Waals surface area (Å²) in [6.45, 7) is 0.0513. The monoisotopic (exact) mass is 398 g/mol. The Labute approximate surface area is 146 Å². The number of hydrogen-bond acceptors (Lipinski definition) is 3. The van der Waals surface area contributed by atoms with Gasteiger partial charge in [0.2, 0.25) is 0 Å². The van der Waals surface area contributed by atoms with Crippen molar-refractivity contribution in [3.8, 4) is 5.75 Å². The molecule has 0 bridgehead atoms. The molecular formula is C16H13BrClFN2O2. The number of nitrogens with two attached hydrogens (primary N) is 1. The maximum absolute atomic E-state index is 13.6. The standard InChI is InChI=1S/C16H13BrClFN2O2/c17-12-7-10(5-6-15(22)21-20)8-13(18)16(12)23-9-11-3-1-2-4-14(11)19/h1-8H,9,20H2,(H,21,22)/b6-5+. The number of carbonyl (C=O) groups excluding carboxylic acids is 1. The Morgan fingerprint density at radius 3 is 2.78 bits per heavy atom. The first-order valence-corrected chi connectivity index (χ1v) is 7.72. The Hall–Kier alpha value is -1.89. The van der Waals surface area contributed by atoms with Crippen LogP contribution in [0.4, 0.5) is 4.39 Å². The van der Waals surface area contributed by atoms with E-state index < -0.39 is 5.91 Å². The average molecular weight is 400 g/mol. The molecule has 2 rings (SSSR count). The largest absolute Gasteiger partial charge is 0.486 e. The molecule has 1 amide bonds. The molecule has 0 saturated carbocycles. The van der Waals surface area contributed by atoms with Crippen LogP contribution < -0.4 is 16.0 Å². The second-order valence-corrected chi connectivity index (χ2v) is 5.80. The number of amides is 1. The van der Waals surface area contributed by atoms with Crippen LogP contribution in [0.15, 0.2) is 46.9 Å². The van der Waals surface area contributed by atoms with Crippen molar-refractivity contribution in [2.45, 2.75) is 6.61 Å². The van der Waals surface area contributed by atoms with Crippen LogP contribution >= 0.6 is 27.5 Å². The molecule has 0 saturated heterocycles. The van der Waals surface area contributed by atoms with E-state index >= 15 is 0 Å². The van der Waals surface area contributed by atoms with Crippen LogP contribution in [0.1, 0.15) is 11.1 Å². The van der Waals surface area contributed by atoms with E-state index in [0.29, 0.717) is 26.4 Å². The van der Waals surface area contributed by atoms with E-state index in [2.05, 4.69) is 15.9 Å². The predicted molar refractivity (Wildman–Crippen MR) is 91.2 cm³/mol. The molecule has 0 heterocycles. The van der Waals surface area contributed by atoms with Crippen molar-refractivity contribution in [2.24, 2.45) is 5.84 Å². The van der Waals surface area contributed by atoms with Crippen LogP contribution in [0, 0.1) is 5.82 Å². The minimum absolute atomic E-state index is 0.0513. The first-order valence-electron chi connectivity index (χ1n) is 6.55. The van der Waals surface area contributed by atoms with Gasteiger partial charge in [0.1, 0.15) is 12.4 Å². The van der Waals surface area contributed by atoms with Crippen molar-refractivity contribution in [3.05, 3.63) is 68.9 Å². The molecule has 0 aliphatic rings. The number of ether oxygens (including phenoxy) is 1. The minimum atomic E-state index is -0.433. The summed E-state index contributed by atoms with van der Waals surface area (Å²) in [5, 5.41) is 0.337. The van der Waals surface area contributed by atoms with Gasteiger partial charge >= 0.3 is 0 Å². The number of hydrogen-bond donors (Lipinski definition) is 2. The summed E-state index contributed by atoms with van der Waals surface area (Å²) in [6, 6.07) is 9.70. The molecule has 2 aromatic rings. The van der Waals surface area contributed by atoms with Crippen molar-refractivity contribution in [1.82, 2.24) is 5.43 Å². The summed E-state index contributed by atoms with van der Waals surface area (Å²) in [7, 11) is 0. The molecule has 120 valence electrons. The van der Waals surface area contributed by atoms with Gasteiger partial charge in [0.15, 0.2) is 5.75 Å². The first-order chi connectivity index (χ1) is 11.0. The fraction of sp³-hybridized carbons (Fsp3) is 0.0625. The zero-order valence-corrected chi connectivity index (χ0v) is 14.2. The number of halogens is 3. The minimum Gasteiger partial charge on any atom is -0.486 e. The number of nitrogens with one attached hydrogen (secondary N) is 1. The summed E-state index contributed by atoms with van der Waals surface area (Å²) < 4.78 is 19.8. The lowest BCUT2D eigenvalue weighted by atomic mass is 10.2. The zero-order chi connectivity index (χ0) is 16.8. The number of carbonyl (C=O) groups is 1. The topological polar surface area (TPSA) is 64.3 Å². The van der Waals surface area contributed by atoms with Gasteiger partial charge in [-0.2, -0.15) is 0 Å². The lowest BCUT2D eigenvalue weighted by Gasteiger charge is -2.11. The first kappa shape index (κ1) is 17.5. The summed E-state index contributed by atoms with van der Waals surface area (Å²) in [5.41, 5.74) is 3.10. The Morgan fingerprint density at radius 2 is 2.13 bits per heavy atom. The van der Waals surface area contributed by atoms with Gasteiger partial charge in [-0.15, -0.1) is 0 Å². The Balaban J connectivity index is 2.16. The molecule has 0 aromatic heterocycles. The van der Waals surface area contributed by atoms with E-state index in [9.17, 15) is 9.18 Å². The van der Waals surface area contributed by atoms with Gasteiger partial charge in [0.05, 0.1) is 9.50 Å². The fourth-order valence-electron chi connectivity index (χ4n) is 1.80. The zero-order valence-electron chi connectivity index (χ0n) is 11.9. The van der Waals surface area contributed by atoms with Crippen molar-refractivity contribution < 1.29 is 13.9 Å². The van der Waals surface area contributed by atoms with Crippen LogP contribution in [-0.2, 0) is 11.4 Å². The molecule has 4 nitrogen and oxygen atoms in total. The Kier molecular flexibility index (Phi) is 6.15. The lowest BCUT2D eigenvalue weighted by molar-refractivity contribution is -0.116. The normalized spacial score (nSPS) is 10.8. The van der Waals surface area contributed by atoms with E-state index in [1.54, 1.807) is 36.4 Å². The second-order valence-electron chi connectivity index (χ2n) is 4.54. The molecule has 0 unspecified atom stereocenters. The van der Waals surface area contributed by atoms with Gasteiger partial charge in [0, 0.05) is 11.6 Å². The molecule has 0 spiro atoms. The molecule has 2 aromatic carbocycles. The van der Waals surface area contributed by atoms with E-state index in [1.807, 2.05) is 5.43 Å². The molecule has 23 heavy (non-hydrogen) atoms. The Bertz CT molecular complexity index is 730. The average Bonchev–Trinajstić information content (AvgIpc) is 2.53. The van der Waals surface area contributed by atoms with Crippen molar-refractivity contribution in [1.29, 1.82) is 0 Å². The van der Waals surface area contributed by atoms with Gasteiger partial charge in [-0.1, -0.05) is 29.8 Å². The quantitative estimate of drug-likeness (QED) is 0.348. The summed E-state index contributed by atoms with van der Waals surface area (Å²) in [4.78, 5) is 11.1. The van der Waals surface area contributed by atoms with Crippen LogP contribution in [0.25, 0.3) is 6.08 Å². The highest BCUT2D eigenvalue weighted by Gasteiger charge is 2.10. The van der Waals surface area contributed by atoms with Crippen LogP contribution in [0.2, 0.25) is 5.02 Å². The molecular weight excluding hydrogens is 387 g/mol. The molecule has 0 aliphatic carbocycles. The van der Waals surface area contributed by atoms with E-state index in [-0.39, 0.29) is 12.4 Å². The molecule has 7 heteroatoms. The van der Waals surface area contributed by atoms with Crippen molar-refractivity contribution >= 4 is 39.5 Å². The summed E-state index contributed by atoms with van der Waals surface area (Å²) in [6.07, 6.45) is 2.83. The van der Waals surface area contributed by atoms with E-state index in [4.69, 9.17) is 22.2 Å². The maximum atomic E-state index is 13.6. The number of benzene rings is 2.